The van der Waals surface area contributed by atoms with Crippen molar-refractivity contribution in [2.45, 2.75) is 76.4 Å². The Morgan fingerprint density at radius 3 is 2.20 bits per heavy atom. The highest BCUT2D eigenvalue weighted by Crippen LogP contribution is 2.43. The van der Waals surface area contributed by atoms with E-state index < -0.39 is 0 Å². The first kappa shape index (κ1) is 20.8. The molecule has 3 saturated heterocycles. The van der Waals surface area contributed by atoms with Gasteiger partial charge < -0.3 is 14.5 Å². The van der Waals surface area contributed by atoms with Crippen LogP contribution in [0.25, 0.3) is 0 Å². The molecule has 4 fully saturated rings. The Hall–Kier alpha value is -1.10. The number of hydrogen-bond acceptors (Lipinski definition) is 4. The van der Waals surface area contributed by atoms with Crippen molar-refractivity contribution in [1.82, 2.24) is 9.80 Å². The van der Waals surface area contributed by atoms with Gasteiger partial charge in [0, 0.05) is 44.5 Å². The van der Waals surface area contributed by atoms with Crippen LogP contribution in [0.5, 0.6) is 0 Å². The van der Waals surface area contributed by atoms with Gasteiger partial charge in [-0.05, 0) is 94.1 Å². The minimum absolute atomic E-state index is 0.601. The Bertz CT molecular complexity index is 668. The van der Waals surface area contributed by atoms with Crippen LogP contribution in [0.3, 0.4) is 0 Å². The van der Waals surface area contributed by atoms with Gasteiger partial charge in [-0.3, -0.25) is 4.90 Å². The first-order valence-corrected chi connectivity index (χ1v) is 12.6. The summed E-state index contributed by atoms with van der Waals surface area (Å²) in [6, 6.07) is 11.0. The summed E-state index contributed by atoms with van der Waals surface area (Å²) >= 11 is 0. The molecule has 0 amide bonds. The van der Waals surface area contributed by atoms with Gasteiger partial charge in [0.2, 0.25) is 0 Å². The maximum absolute atomic E-state index is 5.41. The second-order valence-corrected chi connectivity index (χ2v) is 10.5. The van der Waals surface area contributed by atoms with Gasteiger partial charge in [0.25, 0.3) is 0 Å². The number of ether oxygens (including phenoxy) is 1. The average Bonchev–Trinajstić information content (AvgIpc) is 3.17. The van der Waals surface area contributed by atoms with Crippen LogP contribution in [0.1, 0.15) is 63.4 Å². The lowest BCUT2D eigenvalue weighted by Gasteiger charge is -2.50. The largest absolute Gasteiger partial charge is 0.383 e. The van der Waals surface area contributed by atoms with Gasteiger partial charge in [-0.1, -0.05) is 18.6 Å². The molecule has 4 heteroatoms. The number of anilines is 1. The predicted molar refractivity (Wildman–Crippen MR) is 124 cm³/mol. The molecular weight excluding hydrogens is 370 g/mol. The highest BCUT2D eigenvalue weighted by atomic mass is 16.5. The molecule has 1 spiro atoms. The zero-order valence-corrected chi connectivity index (χ0v) is 19.0. The third-order valence-corrected chi connectivity index (χ3v) is 8.82. The fourth-order valence-electron chi connectivity index (χ4n) is 6.39. The van der Waals surface area contributed by atoms with Crippen molar-refractivity contribution in [2.24, 2.45) is 5.41 Å². The van der Waals surface area contributed by atoms with E-state index in [0.29, 0.717) is 11.5 Å². The molecule has 30 heavy (non-hydrogen) atoms. The number of nitrogens with zero attached hydrogens (tertiary/aromatic N) is 3. The third kappa shape index (κ3) is 4.42. The van der Waals surface area contributed by atoms with Crippen molar-refractivity contribution in [3.63, 3.8) is 0 Å². The molecule has 5 rings (SSSR count). The highest BCUT2D eigenvalue weighted by Gasteiger charge is 2.39. The van der Waals surface area contributed by atoms with E-state index in [-0.39, 0.29) is 0 Å². The van der Waals surface area contributed by atoms with Gasteiger partial charge >= 0.3 is 0 Å². The van der Waals surface area contributed by atoms with E-state index in [0.717, 1.165) is 19.2 Å². The van der Waals surface area contributed by atoms with E-state index >= 15 is 0 Å². The van der Waals surface area contributed by atoms with Crippen LogP contribution in [0.2, 0.25) is 0 Å². The fourth-order valence-corrected chi connectivity index (χ4v) is 6.39. The van der Waals surface area contributed by atoms with Gasteiger partial charge in [-0.2, -0.15) is 0 Å². The van der Waals surface area contributed by atoms with E-state index in [1.54, 1.807) is 0 Å². The molecule has 1 atom stereocenters. The maximum atomic E-state index is 5.41. The molecular formula is C26H41N3O. The van der Waals surface area contributed by atoms with Gasteiger partial charge in [0.1, 0.15) is 0 Å². The lowest BCUT2D eigenvalue weighted by atomic mass is 9.70. The Morgan fingerprint density at radius 1 is 0.867 bits per heavy atom. The van der Waals surface area contributed by atoms with E-state index in [1.807, 2.05) is 7.11 Å². The van der Waals surface area contributed by atoms with Crippen LogP contribution in [-0.4, -0.2) is 68.3 Å². The monoisotopic (exact) mass is 411 g/mol. The summed E-state index contributed by atoms with van der Waals surface area (Å²) < 4.78 is 5.41. The molecule has 1 aromatic carbocycles. The summed E-state index contributed by atoms with van der Waals surface area (Å²) in [5.41, 5.74) is 3.51. The lowest BCUT2D eigenvalue weighted by molar-refractivity contribution is 0.0306. The van der Waals surface area contributed by atoms with E-state index in [1.165, 1.54) is 102 Å². The van der Waals surface area contributed by atoms with Crippen LogP contribution in [-0.2, 0) is 11.3 Å². The first-order chi connectivity index (χ1) is 14.7. The van der Waals surface area contributed by atoms with Crippen LogP contribution >= 0.6 is 0 Å². The van der Waals surface area contributed by atoms with Crippen molar-refractivity contribution in [1.29, 1.82) is 0 Å². The van der Waals surface area contributed by atoms with Crippen LogP contribution in [0, 0.1) is 5.41 Å². The smallest absolute Gasteiger partial charge is 0.0618 e. The summed E-state index contributed by atoms with van der Waals surface area (Å²) in [6.45, 7) is 8.35. The topological polar surface area (TPSA) is 19.0 Å². The predicted octanol–water partition coefficient (Wildman–Crippen LogP) is 4.53. The maximum Gasteiger partial charge on any atom is 0.0618 e. The first-order valence-electron chi connectivity index (χ1n) is 12.6. The molecule has 1 saturated carbocycles. The normalized spacial score (nSPS) is 28.2. The van der Waals surface area contributed by atoms with Crippen LogP contribution in [0.4, 0.5) is 5.69 Å². The standard InChI is InChI=1S/C26H41N3O/c1-30-21-25-6-3-15-29(25)20-22-7-9-24(10-8-22)28-18-13-26(14-19-28)11-16-27(17-12-26)23-4-2-5-23/h7-10,23,25H,2-6,11-21H2,1H3/t25-/m0/s1. The van der Waals surface area contributed by atoms with Gasteiger partial charge in [-0.15, -0.1) is 0 Å². The molecule has 4 nitrogen and oxygen atoms in total. The molecule has 0 unspecified atom stereocenters. The minimum atomic E-state index is 0.601. The second kappa shape index (κ2) is 9.18. The summed E-state index contributed by atoms with van der Waals surface area (Å²) in [4.78, 5) is 8.04. The van der Waals surface area contributed by atoms with Crippen molar-refractivity contribution in [3.05, 3.63) is 29.8 Å². The molecule has 0 aromatic heterocycles. The Balaban J connectivity index is 1.11. The second-order valence-electron chi connectivity index (χ2n) is 10.5. The summed E-state index contributed by atoms with van der Waals surface area (Å²) in [5.74, 6) is 0. The van der Waals surface area contributed by atoms with Crippen molar-refractivity contribution >= 4 is 5.69 Å². The molecule has 166 valence electrons. The van der Waals surface area contributed by atoms with Crippen LogP contribution in [0.15, 0.2) is 24.3 Å². The van der Waals surface area contributed by atoms with Gasteiger partial charge in [0.05, 0.1) is 6.61 Å². The average molecular weight is 412 g/mol. The number of benzene rings is 1. The zero-order chi connectivity index (χ0) is 20.4. The van der Waals surface area contributed by atoms with E-state index in [4.69, 9.17) is 4.74 Å². The molecule has 1 aliphatic carbocycles. The van der Waals surface area contributed by atoms with Gasteiger partial charge in [-0.25, -0.2) is 0 Å². The lowest BCUT2D eigenvalue weighted by Crippen LogP contribution is -2.50. The molecule has 3 aliphatic heterocycles. The summed E-state index contributed by atoms with van der Waals surface area (Å²) in [7, 11) is 1.83. The Kier molecular flexibility index (Phi) is 6.36. The molecule has 1 aromatic rings. The highest BCUT2D eigenvalue weighted by molar-refractivity contribution is 5.48. The summed E-state index contributed by atoms with van der Waals surface area (Å²) in [5, 5.41) is 0. The quantitative estimate of drug-likeness (QED) is 0.684. The number of methoxy groups -OCH3 is 1. The number of piperidine rings is 2. The Morgan fingerprint density at radius 2 is 1.57 bits per heavy atom. The molecule has 4 aliphatic rings. The number of rotatable bonds is 6. The molecule has 3 heterocycles. The Labute approximate surface area is 183 Å². The number of hydrogen-bond donors (Lipinski definition) is 0. The van der Waals surface area contributed by atoms with Crippen molar-refractivity contribution in [2.75, 3.05) is 51.3 Å². The SMILES string of the molecule is COC[C@@H]1CCCN1Cc1ccc(N2CCC3(CC2)CCN(C2CCC2)CC3)cc1. The van der Waals surface area contributed by atoms with Crippen LogP contribution < -0.4 is 4.90 Å². The van der Waals surface area contributed by atoms with Gasteiger partial charge in [0.15, 0.2) is 0 Å². The molecule has 0 radical (unpaired) electrons. The summed E-state index contributed by atoms with van der Waals surface area (Å²) in [6.07, 6.45) is 12.6. The zero-order valence-electron chi connectivity index (χ0n) is 19.0. The van der Waals surface area contributed by atoms with E-state index in [9.17, 15) is 0 Å². The third-order valence-electron chi connectivity index (χ3n) is 8.82. The van der Waals surface area contributed by atoms with E-state index in [2.05, 4.69) is 39.0 Å². The number of likely N-dealkylation sites (tertiary alicyclic amines) is 2. The fraction of sp³-hybridized carbons (Fsp3) is 0.769. The minimum Gasteiger partial charge on any atom is -0.383 e. The molecule has 0 bridgehead atoms. The van der Waals surface area contributed by atoms with Crippen molar-refractivity contribution in [3.8, 4) is 0 Å². The van der Waals surface area contributed by atoms with Crippen molar-refractivity contribution < 1.29 is 4.74 Å². The molecule has 0 N–H and O–H groups in total.